The van der Waals surface area contributed by atoms with Crippen LogP contribution < -0.4 is 5.32 Å². The van der Waals surface area contributed by atoms with Crippen LogP contribution in [0.3, 0.4) is 0 Å². The zero-order valence-corrected chi connectivity index (χ0v) is 17.9. The molecule has 0 unspecified atom stereocenters. The highest BCUT2D eigenvalue weighted by Crippen LogP contribution is 2.18. The van der Waals surface area contributed by atoms with Gasteiger partial charge in [0.2, 0.25) is 0 Å². The first kappa shape index (κ1) is 22.3. The maximum atomic E-state index is 12.4. The third-order valence-corrected chi connectivity index (χ3v) is 6.11. The molecule has 1 aliphatic rings. The number of nitrogens with one attached hydrogen (secondary N) is 1. The third-order valence-electron chi connectivity index (χ3n) is 5.08. The molecule has 1 aliphatic heterocycles. The predicted octanol–water partition coefficient (Wildman–Crippen LogP) is 0.603. The average molecular weight is 433 g/mol. The minimum Gasteiger partial charge on any atom is -0.390 e. The van der Waals surface area contributed by atoms with Gasteiger partial charge in [-0.15, -0.1) is 0 Å². The van der Waals surface area contributed by atoms with E-state index in [1.165, 1.54) is 23.7 Å². The number of carbonyl (C=O) groups is 1. The molecule has 30 heavy (non-hydrogen) atoms. The van der Waals surface area contributed by atoms with Crippen molar-refractivity contribution < 1.29 is 18.3 Å². The fourth-order valence-corrected chi connectivity index (χ4v) is 4.22. The highest BCUT2D eigenvalue weighted by Gasteiger charge is 2.19. The number of amides is 1. The van der Waals surface area contributed by atoms with Crippen LogP contribution in [0, 0.1) is 0 Å². The average Bonchev–Trinajstić information content (AvgIpc) is 2.71. The van der Waals surface area contributed by atoms with Gasteiger partial charge in [-0.3, -0.25) is 9.69 Å². The maximum Gasteiger partial charge on any atom is 0.270 e. The fourth-order valence-electron chi connectivity index (χ4n) is 3.55. The van der Waals surface area contributed by atoms with Crippen LogP contribution in [-0.2, 0) is 29.2 Å². The summed E-state index contributed by atoms with van der Waals surface area (Å²) in [6, 6.07) is 9.88. The predicted molar refractivity (Wildman–Crippen MR) is 114 cm³/mol. The molecule has 1 aromatic heterocycles. The molecule has 0 spiro atoms. The second-order valence-electron chi connectivity index (χ2n) is 7.75. The Balaban J connectivity index is 1.45. The molecule has 0 radical (unpaired) electrons. The summed E-state index contributed by atoms with van der Waals surface area (Å²) in [4.78, 5) is 22.6. The van der Waals surface area contributed by atoms with Gasteiger partial charge in [0.25, 0.3) is 5.91 Å². The van der Waals surface area contributed by atoms with Crippen molar-refractivity contribution in [2.75, 3.05) is 31.6 Å². The summed E-state index contributed by atoms with van der Waals surface area (Å²) in [5, 5.41) is 13.1. The number of aryl methyl sites for hydroxylation is 1. The number of β-amino-alcohol motifs (C(OH)–C–C–N with tert-alkyl or cyclic N) is 1. The molecule has 0 fully saturated rings. The van der Waals surface area contributed by atoms with Crippen LogP contribution >= 0.6 is 0 Å². The van der Waals surface area contributed by atoms with Crippen LogP contribution in [0.4, 0.5) is 0 Å². The quantitative estimate of drug-likeness (QED) is 0.597. The standard InChI is InChI=1S/C21H28N4O4S/c1-30(28,29)10-4-7-18-11-20(24-15-23-18)21(27)22-12-19(26)14-25-9-8-16-5-2-3-6-17(16)13-25/h2-3,5-6,11,15,19,26H,4,7-10,12-14H2,1H3,(H,22,27)/t19-/m0/s1. The molecule has 2 aromatic rings. The van der Waals surface area contributed by atoms with E-state index in [1.807, 2.05) is 12.1 Å². The summed E-state index contributed by atoms with van der Waals surface area (Å²) < 4.78 is 22.5. The normalized spacial score (nSPS) is 15.4. The highest BCUT2D eigenvalue weighted by molar-refractivity contribution is 7.90. The lowest BCUT2D eigenvalue weighted by Crippen LogP contribution is -2.42. The van der Waals surface area contributed by atoms with Crippen LogP contribution in [0.5, 0.6) is 0 Å². The van der Waals surface area contributed by atoms with Gasteiger partial charge in [0.05, 0.1) is 11.9 Å². The Hall–Kier alpha value is -2.36. The Morgan fingerprint density at radius 3 is 2.80 bits per heavy atom. The highest BCUT2D eigenvalue weighted by atomic mass is 32.2. The maximum absolute atomic E-state index is 12.4. The van der Waals surface area contributed by atoms with E-state index < -0.39 is 15.9 Å². The third kappa shape index (κ3) is 6.86. The first-order valence-electron chi connectivity index (χ1n) is 10.0. The first-order valence-corrected chi connectivity index (χ1v) is 12.1. The molecular formula is C21H28N4O4S. The van der Waals surface area contributed by atoms with E-state index in [9.17, 15) is 18.3 Å². The van der Waals surface area contributed by atoms with E-state index in [2.05, 4.69) is 32.3 Å². The van der Waals surface area contributed by atoms with Gasteiger partial charge >= 0.3 is 0 Å². The van der Waals surface area contributed by atoms with Crippen LogP contribution in [0.15, 0.2) is 36.7 Å². The zero-order chi connectivity index (χ0) is 21.6. The molecule has 9 heteroatoms. The van der Waals surface area contributed by atoms with Gasteiger partial charge < -0.3 is 10.4 Å². The SMILES string of the molecule is CS(=O)(=O)CCCc1cc(C(=O)NC[C@H](O)CN2CCc3ccccc3C2)ncn1. The van der Waals surface area contributed by atoms with Gasteiger partial charge in [0.15, 0.2) is 0 Å². The van der Waals surface area contributed by atoms with E-state index in [0.29, 0.717) is 25.1 Å². The Labute approximate surface area is 177 Å². The number of hydrogen-bond donors (Lipinski definition) is 2. The number of aromatic nitrogens is 2. The molecule has 1 aromatic carbocycles. The minimum atomic E-state index is -3.02. The van der Waals surface area contributed by atoms with E-state index in [-0.39, 0.29) is 23.9 Å². The zero-order valence-electron chi connectivity index (χ0n) is 17.1. The number of sulfone groups is 1. The number of aliphatic hydroxyl groups is 1. The van der Waals surface area contributed by atoms with Gasteiger partial charge in [0, 0.05) is 38.1 Å². The molecule has 1 amide bonds. The van der Waals surface area contributed by atoms with Crippen molar-refractivity contribution in [3.8, 4) is 0 Å². The molecule has 3 rings (SSSR count). The Kier molecular flexibility index (Phi) is 7.52. The summed E-state index contributed by atoms with van der Waals surface area (Å²) in [6.45, 7) is 2.29. The smallest absolute Gasteiger partial charge is 0.270 e. The van der Waals surface area contributed by atoms with Crippen molar-refractivity contribution in [3.63, 3.8) is 0 Å². The van der Waals surface area contributed by atoms with Crippen molar-refractivity contribution in [2.45, 2.75) is 31.9 Å². The Morgan fingerprint density at radius 1 is 1.27 bits per heavy atom. The number of nitrogens with zero attached hydrogens (tertiary/aromatic N) is 3. The number of carbonyl (C=O) groups excluding carboxylic acids is 1. The topological polar surface area (TPSA) is 112 Å². The molecule has 1 atom stereocenters. The van der Waals surface area contributed by atoms with Gasteiger partial charge in [-0.2, -0.15) is 0 Å². The molecule has 0 saturated carbocycles. The monoisotopic (exact) mass is 432 g/mol. The molecule has 162 valence electrons. The van der Waals surface area contributed by atoms with Crippen LogP contribution in [0.25, 0.3) is 0 Å². The molecule has 0 aliphatic carbocycles. The number of rotatable bonds is 9. The molecule has 2 heterocycles. The summed E-state index contributed by atoms with van der Waals surface area (Å²) in [5.74, 6) is -0.309. The van der Waals surface area contributed by atoms with Gasteiger partial charge in [-0.05, 0) is 36.5 Å². The van der Waals surface area contributed by atoms with E-state index in [0.717, 1.165) is 19.5 Å². The molecule has 0 bridgehead atoms. The van der Waals surface area contributed by atoms with E-state index in [1.54, 1.807) is 6.07 Å². The van der Waals surface area contributed by atoms with Gasteiger partial charge in [-0.1, -0.05) is 24.3 Å². The Bertz CT molecular complexity index is 980. The first-order chi connectivity index (χ1) is 14.3. The summed E-state index contributed by atoms with van der Waals surface area (Å²) in [5.41, 5.74) is 3.46. The van der Waals surface area contributed by atoms with Crippen molar-refractivity contribution in [1.82, 2.24) is 20.2 Å². The minimum absolute atomic E-state index is 0.0751. The summed E-state index contributed by atoms with van der Waals surface area (Å²) in [7, 11) is -3.02. The lowest BCUT2D eigenvalue weighted by Gasteiger charge is -2.30. The molecular weight excluding hydrogens is 404 g/mol. The lowest BCUT2D eigenvalue weighted by molar-refractivity contribution is 0.0838. The lowest BCUT2D eigenvalue weighted by atomic mass is 10.00. The van der Waals surface area contributed by atoms with E-state index in [4.69, 9.17) is 0 Å². The number of hydrogen-bond acceptors (Lipinski definition) is 7. The van der Waals surface area contributed by atoms with Crippen LogP contribution in [-0.4, -0.2) is 72.0 Å². The second kappa shape index (κ2) is 10.1. The van der Waals surface area contributed by atoms with Crippen molar-refractivity contribution >= 4 is 15.7 Å². The number of fused-ring (bicyclic) bond motifs is 1. The second-order valence-corrected chi connectivity index (χ2v) is 10.0. The Morgan fingerprint density at radius 2 is 2.03 bits per heavy atom. The molecule has 2 N–H and O–H groups in total. The van der Waals surface area contributed by atoms with Crippen LogP contribution in [0.2, 0.25) is 0 Å². The summed E-state index contributed by atoms with van der Waals surface area (Å²) >= 11 is 0. The van der Waals surface area contributed by atoms with Crippen molar-refractivity contribution in [3.05, 3.63) is 59.2 Å². The number of aliphatic hydroxyl groups excluding tert-OH is 1. The fraction of sp³-hybridized carbons (Fsp3) is 0.476. The molecule has 0 saturated heterocycles. The van der Waals surface area contributed by atoms with Gasteiger partial charge in [-0.25, -0.2) is 18.4 Å². The summed E-state index contributed by atoms with van der Waals surface area (Å²) in [6.07, 6.45) is 3.66. The van der Waals surface area contributed by atoms with Crippen LogP contribution in [0.1, 0.15) is 33.7 Å². The van der Waals surface area contributed by atoms with E-state index >= 15 is 0 Å². The number of benzene rings is 1. The van der Waals surface area contributed by atoms with Crippen molar-refractivity contribution in [1.29, 1.82) is 0 Å². The molecule has 8 nitrogen and oxygen atoms in total. The van der Waals surface area contributed by atoms with Gasteiger partial charge in [0.1, 0.15) is 21.9 Å². The largest absolute Gasteiger partial charge is 0.390 e. The van der Waals surface area contributed by atoms with Crippen molar-refractivity contribution in [2.24, 2.45) is 0 Å².